The van der Waals surface area contributed by atoms with Crippen LogP contribution in [-0.2, 0) is 4.79 Å². The van der Waals surface area contributed by atoms with Crippen LogP contribution in [0.3, 0.4) is 0 Å². The van der Waals surface area contributed by atoms with Crippen molar-refractivity contribution in [3.8, 4) is 0 Å². The van der Waals surface area contributed by atoms with Crippen molar-refractivity contribution in [3.05, 3.63) is 0 Å². The molecular formula is C15H29NO3S. The van der Waals surface area contributed by atoms with Crippen LogP contribution in [0.15, 0.2) is 0 Å². The number of rotatable bonds is 8. The monoisotopic (exact) mass is 303 g/mol. The fourth-order valence-electron chi connectivity index (χ4n) is 3.05. The minimum atomic E-state index is -0.747. The van der Waals surface area contributed by atoms with Crippen LogP contribution in [0, 0.1) is 5.92 Å². The van der Waals surface area contributed by atoms with Gasteiger partial charge in [0.15, 0.2) is 0 Å². The van der Waals surface area contributed by atoms with Gasteiger partial charge in [-0.25, -0.2) is 0 Å². The molecule has 20 heavy (non-hydrogen) atoms. The summed E-state index contributed by atoms with van der Waals surface area (Å²) in [5.74, 6) is 0.393. The Bertz CT molecular complexity index is 322. The number of thioether (sulfide) groups is 1. The SMILES string of the molecule is CC(C)NC1(C(=O)O)CCCC1CCSC(C)C(C)O. The van der Waals surface area contributed by atoms with E-state index >= 15 is 0 Å². The number of aliphatic carboxylic acids is 1. The first-order chi connectivity index (χ1) is 9.29. The van der Waals surface area contributed by atoms with Crippen LogP contribution in [0.4, 0.5) is 0 Å². The molecule has 0 heterocycles. The Hall–Kier alpha value is -0.260. The van der Waals surface area contributed by atoms with E-state index in [1.807, 2.05) is 20.8 Å². The number of carbonyl (C=O) groups is 1. The van der Waals surface area contributed by atoms with Crippen LogP contribution in [-0.4, -0.2) is 44.9 Å². The summed E-state index contributed by atoms with van der Waals surface area (Å²) in [7, 11) is 0. The van der Waals surface area contributed by atoms with E-state index < -0.39 is 11.5 Å². The van der Waals surface area contributed by atoms with Gasteiger partial charge in [-0.05, 0) is 51.7 Å². The molecule has 0 saturated heterocycles. The first-order valence-electron chi connectivity index (χ1n) is 7.60. The fraction of sp³-hybridized carbons (Fsp3) is 0.933. The number of hydrogen-bond acceptors (Lipinski definition) is 4. The number of aliphatic hydroxyl groups is 1. The van der Waals surface area contributed by atoms with Gasteiger partial charge in [0.2, 0.25) is 0 Å². The van der Waals surface area contributed by atoms with E-state index in [2.05, 4.69) is 5.32 Å². The Kier molecular flexibility index (Phi) is 6.82. The summed E-state index contributed by atoms with van der Waals surface area (Å²) in [5, 5.41) is 22.7. The quantitative estimate of drug-likeness (QED) is 0.643. The minimum absolute atomic E-state index is 0.177. The van der Waals surface area contributed by atoms with Crippen molar-refractivity contribution >= 4 is 17.7 Å². The first kappa shape index (κ1) is 17.8. The van der Waals surface area contributed by atoms with Crippen LogP contribution >= 0.6 is 11.8 Å². The second-order valence-corrected chi connectivity index (χ2v) is 7.76. The number of aliphatic hydroxyl groups excluding tert-OH is 1. The maximum atomic E-state index is 11.8. The van der Waals surface area contributed by atoms with Crippen LogP contribution in [0.1, 0.15) is 53.4 Å². The highest BCUT2D eigenvalue weighted by molar-refractivity contribution is 7.99. The van der Waals surface area contributed by atoms with Crippen LogP contribution in [0.25, 0.3) is 0 Å². The number of carboxylic acids is 1. The highest BCUT2D eigenvalue weighted by atomic mass is 32.2. The fourth-order valence-corrected chi connectivity index (χ4v) is 4.12. The molecule has 1 fully saturated rings. The highest BCUT2D eigenvalue weighted by Gasteiger charge is 2.48. The molecule has 5 heteroatoms. The smallest absolute Gasteiger partial charge is 0.324 e. The molecule has 1 aliphatic rings. The van der Waals surface area contributed by atoms with Gasteiger partial charge in [0, 0.05) is 11.3 Å². The van der Waals surface area contributed by atoms with Crippen molar-refractivity contribution in [1.82, 2.24) is 5.32 Å². The average molecular weight is 303 g/mol. The highest BCUT2D eigenvalue weighted by Crippen LogP contribution is 2.39. The Morgan fingerprint density at radius 2 is 2.05 bits per heavy atom. The van der Waals surface area contributed by atoms with Crippen molar-refractivity contribution in [3.63, 3.8) is 0 Å². The molecule has 0 aromatic heterocycles. The van der Waals surface area contributed by atoms with E-state index in [1.54, 1.807) is 18.7 Å². The molecule has 0 aliphatic heterocycles. The van der Waals surface area contributed by atoms with Gasteiger partial charge < -0.3 is 10.2 Å². The molecule has 0 aromatic rings. The molecule has 1 rings (SSSR count). The van der Waals surface area contributed by atoms with Gasteiger partial charge in [-0.3, -0.25) is 10.1 Å². The predicted octanol–water partition coefficient (Wildman–Crippen LogP) is 2.50. The lowest BCUT2D eigenvalue weighted by molar-refractivity contribution is -0.147. The Labute approximate surface area is 126 Å². The lowest BCUT2D eigenvalue weighted by Gasteiger charge is -2.34. The van der Waals surface area contributed by atoms with Gasteiger partial charge in [0.05, 0.1) is 6.10 Å². The molecule has 0 spiro atoms. The summed E-state index contributed by atoms with van der Waals surface area (Å²) in [5.41, 5.74) is -0.747. The summed E-state index contributed by atoms with van der Waals surface area (Å²) in [6.07, 6.45) is 3.26. The topological polar surface area (TPSA) is 69.6 Å². The van der Waals surface area contributed by atoms with Crippen molar-refractivity contribution < 1.29 is 15.0 Å². The van der Waals surface area contributed by atoms with Crippen LogP contribution < -0.4 is 5.32 Å². The number of carboxylic acid groups (broad SMARTS) is 1. The third-order valence-corrected chi connectivity index (χ3v) is 5.67. The van der Waals surface area contributed by atoms with Crippen molar-refractivity contribution in [1.29, 1.82) is 0 Å². The normalized spacial score (nSPS) is 29.6. The zero-order valence-corrected chi connectivity index (χ0v) is 13.9. The van der Waals surface area contributed by atoms with Crippen LogP contribution in [0.2, 0.25) is 0 Å². The molecule has 4 atom stereocenters. The van der Waals surface area contributed by atoms with Crippen molar-refractivity contribution in [2.24, 2.45) is 5.92 Å². The number of nitrogens with one attached hydrogen (secondary N) is 1. The molecule has 0 aromatic carbocycles. The molecule has 0 bridgehead atoms. The first-order valence-corrected chi connectivity index (χ1v) is 8.65. The third kappa shape index (κ3) is 4.37. The molecule has 4 nitrogen and oxygen atoms in total. The summed E-state index contributed by atoms with van der Waals surface area (Å²) in [4.78, 5) is 11.8. The van der Waals surface area contributed by atoms with E-state index in [-0.39, 0.29) is 23.3 Å². The van der Waals surface area contributed by atoms with Gasteiger partial charge in [0.25, 0.3) is 0 Å². The molecule has 0 radical (unpaired) electrons. The zero-order valence-electron chi connectivity index (χ0n) is 13.1. The standard InChI is InChI=1S/C15H29NO3S/c1-10(2)16-15(14(18)19)8-5-6-13(15)7-9-20-12(4)11(3)17/h10-13,16-17H,5-9H2,1-4H3,(H,18,19). The molecule has 0 amide bonds. The molecule has 4 unspecified atom stereocenters. The van der Waals surface area contributed by atoms with E-state index in [9.17, 15) is 15.0 Å². The molecule has 1 aliphatic carbocycles. The Balaban J connectivity index is 2.60. The largest absolute Gasteiger partial charge is 0.480 e. The summed E-state index contributed by atoms with van der Waals surface area (Å²) in [6.45, 7) is 7.82. The van der Waals surface area contributed by atoms with Gasteiger partial charge in [-0.2, -0.15) is 11.8 Å². The van der Waals surface area contributed by atoms with E-state index in [1.165, 1.54) is 0 Å². The molecular weight excluding hydrogens is 274 g/mol. The van der Waals surface area contributed by atoms with Gasteiger partial charge in [-0.15, -0.1) is 0 Å². The second-order valence-electron chi connectivity index (χ2n) is 6.27. The van der Waals surface area contributed by atoms with Gasteiger partial charge >= 0.3 is 5.97 Å². The van der Waals surface area contributed by atoms with Gasteiger partial charge in [-0.1, -0.05) is 13.3 Å². The van der Waals surface area contributed by atoms with E-state index in [0.717, 1.165) is 31.4 Å². The summed E-state index contributed by atoms with van der Waals surface area (Å²) in [6, 6.07) is 0.177. The van der Waals surface area contributed by atoms with Crippen LogP contribution in [0.5, 0.6) is 0 Å². The maximum Gasteiger partial charge on any atom is 0.324 e. The minimum Gasteiger partial charge on any atom is -0.480 e. The van der Waals surface area contributed by atoms with E-state index in [0.29, 0.717) is 0 Å². The third-order valence-electron chi connectivity index (χ3n) is 4.27. The Morgan fingerprint density at radius 1 is 1.40 bits per heavy atom. The van der Waals surface area contributed by atoms with Gasteiger partial charge in [0.1, 0.15) is 5.54 Å². The van der Waals surface area contributed by atoms with E-state index in [4.69, 9.17) is 0 Å². The maximum absolute atomic E-state index is 11.8. The molecule has 1 saturated carbocycles. The molecule has 118 valence electrons. The predicted molar refractivity (Wildman–Crippen MR) is 84.2 cm³/mol. The summed E-state index contributed by atoms with van der Waals surface area (Å²) < 4.78 is 0. The average Bonchev–Trinajstić information content (AvgIpc) is 2.72. The lowest BCUT2D eigenvalue weighted by Crippen LogP contribution is -2.57. The van der Waals surface area contributed by atoms with Crippen molar-refractivity contribution in [2.45, 2.75) is 76.3 Å². The van der Waals surface area contributed by atoms with Crippen molar-refractivity contribution in [2.75, 3.05) is 5.75 Å². The lowest BCUT2D eigenvalue weighted by atomic mass is 9.84. The summed E-state index contributed by atoms with van der Waals surface area (Å²) >= 11 is 1.73. The Morgan fingerprint density at radius 3 is 2.55 bits per heavy atom. The second kappa shape index (κ2) is 7.66. The zero-order chi connectivity index (χ0) is 15.3. The number of hydrogen-bond donors (Lipinski definition) is 3. The molecule has 3 N–H and O–H groups in total.